The first-order valence-electron chi connectivity index (χ1n) is 3.81. The number of aryl methyl sites for hydroxylation is 1. The minimum absolute atomic E-state index is 0.00824. The number of rotatable bonds is 3. The van der Waals surface area contributed by atoms with E-state index in [-0.39, 0.29) is 5.88 Å². The molecule has 0 saturated carbocycles. The van der Waals surface area contributed by atoms with E-state index in [4.69, 9.17) is 9.84 Å². The first-order chi connectivity index (χ1) is 5.76. The fourth-order valence-corrected chi connectivity index (χ4v) is 0.911. The third kappa shape index (κ3) is 2.17. The van der Waals surface area contributed by atoms with Gasteiger partial charge in [0.15, 0.2) is 5.82 Å². The second-order valence-corrected chi connectivity index (χ2v) is 2.42. The van der Waals surface area contributed by atoms with E-state index in [2.05, 4.69) is 9.97 Å². The number of nitrogens with zero attached hydrogens (tertiary/aromatic N) is 2. The molecule has 1 rings (SSSR count). The van der Waals surface area contributed by atoms with Gasteiger partial charge in [-0.1, -0.05) is 6.92 Å². The molecule has 1 aromatic heterocycles. The largest absolute Gasteiger partial charge is 0.493 e. The van der Waals surface area contributed by atoms with Crippen LogP contribution in [0.25, 0.3) is 0 Å². The minimum atomic E-state index is 0.00824. The molecule has 12 heavy (non-hydrogen) atoms. The topological polar surface area (TPSA) is 55.2 Å². The Balaban J connectivity index is 2.90. The summed E-state index contributed by atoms with van der Waals surface area (Å²) in [5, 5.41) is 9.14. The summed E-state index contributed by atoms with van der Waals surface area (Å²) >= 11 is 0. The zero-order chi connectivity index (χ0) is 8.97. The van der Waals surface area contributed by atoms with Gasteiger partial charge in [-0.05, 0) is 6.42 Å². The Labute approximate surface area is 71.2 Å². The van der Waals surface area contributed by atoms with E-state index in [1.54, 1.807) is 13.2 Å². The van der Waals surface area contributed by atoms with Crippen molar-refractivity contribution in [3.8, 4) is 5.88 Å². The van der Waals surface area contributed by atoms with Crippen molar-refractivity contribution in [3.63, 3.8) is 0 Å². The van der Waals surface area contributed by atoms with Crippen LogP contribution in [0.2, 0.25) is 0 Å². The molecule has 66 valence electrons. The summed E-state index contributed by atoms with van der Waals surface area (Å²) in [4.78, 5) is 7.94. The van der Waals surface area contributed by atoms with E-state index < -0.39 is 0 Å². The average molecular weight is 168 g/mol. The van der Waals surface area contributed by atoms with Gasteiger partial charge in [0, 0.05) is 18.9 Å². The quantitative estimate of drug-likeness (QED) is 0.728. The van der Waals surface area contributed by atoms with E-state index in [0.717, 1.165) is 12.1 Å². The van der Waals surface area contributed by atoms with E-state index >= 15 is 0 Å². The van der Waals surface area contributed by atoms with Crippen LogP contribution in [0.1, 0.15) is 18.4 Å². The lowest BCUT2D eigenvalue weighted by atomic mass is 10.3. The lowest BCUT2D eigenvalue weighted by Crippen LogP contribution is -1.99. The zero-order valence-electron chi connectivity index (χ0n) is 7.24. The SMILES string of the molecule is CCc1cc(O)nc(COC)n1. The molecule has 0 atom stereocenters. The molecule has 0 aliphatic carbocycles. The summed E-state index contributed by atoms with van der Waals surface area (Å²) in [7, 11) is 1.57. The number of aromatic nitrogens is 2. The zero-order valence-corrected chi connectivity index (χ0v) is 7.24. The van der Waals surface area contributed by atoms with Gasteiger partial charge in [0.1, 0.15) is 6.61 Å². The number of methoxy groups -OCH3 is 1. The van der Waals surface area contributed by atoms with Crippen LogP contribution in [-0.2, 0) is 17.8 Å². The molecule has 1 heterocycles. The molecular formula is C8H12N2O2. The maximum absolute atomic E-state index is 9.14. The first-order valence-corrected chi connectivity index (χ1v) is 3.81. The summed E-state index contributed by atoms with van der Waals surface area (Å²) < 4.78 is 4.85. The van der Waals surface area contributed by atoms with Crippen molar-refractivity contribution >= 4 is 0 Å². The Hall–Kier alpha value is -1.16. The second-order valence-electron chi connectivity index (χ2n) is 2.42. The molecule has 0 aliphatic rings. The summed E-state index contributed by atoms with van der Waals surface area (Å²) in [6, 6.07) is 1.55. The van der Waals surface area contributed by atoms with Crippen LogP contribution >= 0.6 is 0 Å². The molecule has 1 aromatic rings. The molecular weight excluding hydrogens is 156 g/mol. The van der Waals surface area contributed by atoms with Gasteiger partial charge in [0.2, 0.25) is 5.88 Å². The van der Waals surface area contributed by atoms with E-state index in [0.29, 0.717) is 12.4 Å². The van der Waals surface area contributed by atoms with Crippen molar-refractivity contribution in [1.82, 2.24) is 9.97 Å². The molecule has 0 bridgehead atoms. The lowest BCUT2D eigenvalue weighted by molar-refractivity contribution is 0.176. The van der Waals surface area contributed by atoms with Gasteiger partial charge in [0.05, 0.1) is 0 Å². The van der Waals surface area contributed by atoms with Crippen LogP contribution < -0.4 is 0 Å². The van der Waals surface area contributed by atoms with Crippen molar-refractivity contribution in [2.24, 2.45) is 0 Å². The molecule has 0 spiro atoms. The predicted octanol–water partition coefficient (Wildman–Crippen LogP) is 0.891. The summed E-state index contributed by atoms with van der Waals surface area (Å²) in [6.07, 6.45) is 0.785. The summed E-state index contributed by atoms with van der Waals surface area (Å²) in [6.45, 7) is 2.31. The Bertz CT molecular complexity index is 263. The van der Waals surface area contributed by atoms with Crippen molar-refractivity contribution in [2.45, 2.75) is 20.0 Å². The molecule has 4 nitrogen and oxygen atoms in total. The van der Waals surface area contributed by atoms with Gasteiger partial charge >= 0.3 is 0 Å². The molecule has 0 amide bonds. The Morgan fingerprint density at radius 1 is 1.50 bits per heavy atom. The van der Waals surface area contributed by atoms with Crippen molar-refractivity contribution in [3.05, 3.63) is 17.6 Å². The van der Waals surface area contributed by atoms with Crippen molar-refractivity contribution in [2.75, 3.05) is 7.11 Å². The van der Waals surface area contributed by atoms with Crippen LogP contribution in [0.5, 0.6) is 5.88 Å². The molecule has 0 radical (unpaired) electrons. The normalized spacial score (nSPS) is 10.2. The van der Waals surface area contributed by atoms with Gasteiger partial charge in [0.25, 0.3) is 0 Å². The summed E-state index contributed by atoms with van der Waals surface area (Å²) in [5.74, 6) is 0.531. The Morgan fingerprint density at radius 3 is 2.83 bits per heavy atom. The van der Waals surface area contributed by atoms with Crippen LogP contribution in [-0.4, -0.2) is 22.2 Å². The van der Waals surface area contributed by atoms with Gasteiger partial charge in [-0.2, -0.15) is 4.98 Å². The van der Waals surface area contributed by atoms with E-state index in [9.17, 15) is 0 Å². The minimum Gasteiger partial charge on any atom is -0.493 e. The number of hydrogen-bond donors (Lipinski definition) is 1. The number of aromatic hydroxyl groups is 1. The monoisotopic (exact) mass is 168 g/mol. The highest BCUT2D eigenvalue weighted by Gasteiger charge is 2.01. The van der Waals surface area contributed by atoms with Crippen molar-refractivity contribution in [1.29, 1.82) is 0 Å². The molecule has 4 heteroatoms. The predicted molar refractivity (Wildman–Crippen MR) is 43.8 cm³/mol. The first kappa shape index (κ1) is 8.93. The van der Waals surface area contributed by atoms with Gasteiger partial charge < -0.3 is 9.84 Å². The maximum atomic E-state index is 9.14. The van der Waals surface area contributed by atoms with E-state index in [1.807, 2.05) is 6.92 Å². The summed E-state index contributed by atoms with van der Waals surface area (Å²) in [5.41, 5.74) is 0.828. The molecule has 0 unspecified atom stereocenters. The van der Waals surface area contributed by atoms with Crippen LogP contribution in [0.15, 0.2) is 6.07 Å². The highest BCUT2D eigenvalue weighted by Crippen LogP contribution is 2.07. The fourth-order valence-electron chi connectivity index (χ4n) is 0.911. The van der Waals surface area contributed by atoms with Crippen molar-refractivity contribution < 1.29 is 9.84 Å². The fraction of sp³-hybridized carbons (Fsp3) is 0.500. The maximum Gasteiger partial charge on any atom is 0.214 e. The standard InChI is InChI=1S/C8H12N2O2/c1-3-6-4-8(11)10-7(9-6)5-12-2/h4H,3,5H2,1-2H3,(H,9,10,11). The smallest absolute Gasteiger partial charge is 0.214 e. The molecule has 0 saturated heterocycles. The van der Waals surface area contributed by atoms with Crippen LogP contribution in [0.3, 0.4) is 0 Å². The second kappa shape index (κ2) is 4.01. The third-order valence-electron chi connectivity index (χ3n) is 1.45. The molecule has 0 aromatic carbocycles. The van der Waals surface area contributed by atoms with Crippen LogP contribution in [0, 0.1) is 0 Å². The number of ether oxygens (including phenoxy) is 1. The average Bonchev–Trinajstić information content (AvgIpc) is 2.04. The van der Waals surface area contributed by atoms with Crippen LogP contribution in [0.4, 0.5) is 0 Å². The molecule has 0 aliphatic heterocycles. The van der Waals surface area contributed by atoms with Gasteiger partial charge in [-0.3, -0.25) is 0 Å². The molecule has 0 fully saturated rings. The third-order valence-corrected chi connectivity index (χ3v) is 1.45. The van der Waals surface area contributed by atoms with Gasteiger partial charge in [-0.15, -0.1) is 0 Å². The lowest BCUT2D eigenvalue weighted by Gasteiger charge is -2.01. The number of hydrogen-bond acceptors (Lipinski definition) is 4. The molecule has 1 N–H and O–H groups in total. The van der Waals surface area contributed by atoms with E-state index in [1.165, 1.54) is 0 Å². The Morgan fingerprint density at radius 2 is 2.25 bits per heavy atom. The highest BCUT2D eigenvalue weighted by molar-refractivity contribution is 5.14. The Kier molecular flexibility index (Phi) is 2.99. The van der Waals surface area contributed by atoms with Gasteiger partial charge in [-0.25, -0.2) is 4.98 Å². The highest BCUT2D eigenvalue weighted by atomic mass is 16.5.